The van der Waals surface area contributed by atoms with Gasteiger partial charge in [0.25, 0.3) is 5.91 Å². The van der Waals surface area contributed by atoms with E-state index >= 15 is 0 Å². The van der Waals surface area contributed by atoms with Gasteiger partial charge in [0.05, 0.1) is 5.56 Å². The molecule has 1 N–H and O–H groups in total. The summed E-state index contributed by atoms with van der Waals surface area (Å²) in [5.41, 5.74) is 1.33. The molecule has 1 aromatic carbocycles. The Morgan fingerprint density at radius 2 is 2.12 bits per heavy atom. The highest BCUT2D eigenvalue weighted by Crippen LogP contribution is 2.18. The molecule has 0 saturated heterocycles. The highest BCUT2D eigenvalue weighted by Gasteiger charge is 2.09. The number of anilines is 1. The van der Waals surface area contributed by atoms with Gasteiger partial charge < -0.3 is 5.32 Å². The summed E-state index contributed by atoms with van der Waals surface area (Å²) in [7, 11) is 0. The summed E-state index contributed by atoms with van der Waals surface area (Å²) in [6.45, 7) is 1.62. The van der Waals surface area contributed by atoms with E-state index in [0.717, 1.165) is 0 Å². The Bertz CT molecular complexity index is 540. The van der Waals surface area contributed by atoms with Crippen molar-refractivity contribution >= 4 is 11.6 Å². The van der Waals surface area contributed by atoms with E-state index in [1.54, 1.807) is 37.4 Å². The number of hydrogen-bond acceptors (Lipinski definition) is 2. The molecule has 0 radical (unpaired) electrons. The van der Waals surface area contributed by atoms with Gasteiger partial charge in [-0.05, 0) is 31.2 Å². The molecule has 3 nitrogen and oxygen atoms in total. The molecular weight excluding hydrogens is 219 g/mol. The van der Waals surface area contributed by atoms with Crippen LogP contribution >= 0.6 is 0 Å². The van der Waals surface area contributed by atoms with E-state index in [9.17, 15) is 9.18 Å². The van der Waals surface area contributed by atoms with Crippen molar-refractivity contribution in [3.8, 4) is 0 Å². The van der Waals surface area contributed by atoms with Crippen molar-refractivity contribution in [3.63, 3.8) is 0 Å². The Kier molecular flexibility index (Phi) is 3.14. The van der Waals surface area contributed by atoms with Crippen molar-refractivity contribution in [1.29, 1.82) is 0 Å². The molecule has 0 saturated carbocycles. The lowest BCUT2D eigenvalue weighted by Gasteiger charge is -2.08. The van der Waals surface area contributed by atoms with Crippen LogP contribution in [-0.2, 0) is 0 Å². The van der Waals surface area contributed by atoms with E-state index in [4.69, 9.17) is 0 Å². The third-order valence-corrected chi connectivity index (χ3v) is 2.44. The van der Waals surface area contributed by atoms with E-state index in [-0.39, 0.29) is 11.7 Å². The third-order valence-electron chi connectivity index (χ3n) is 2.44. The highest BCUT2D eigenvalue weighted by atomic mass is 19.1. The lowest BCUT2D eigenvalue weighted by Crippen LogP contribution is -2.13. The maximum absolute atomic E-state index is 13.3. The second-order valence-electron chi connectivity index (χ2n) is 3.61. The number of pyridine rings is 1. The number of nitrogens with one attached hydrogen (secondary N) is 1. The molecule has 0 unspecified atom stereocenters. The van der Waals surface area contributed by atoms with E-state index < -0.39 is 0 Å². The summed E-state index contributed by atoms with van der Waals surface area (Å²) in [4.78, 5) is 15.7. The van der Waals surface area contributed by atoms with E-state index in [2.05, 4.69) is 10.3 Å². The average Bonchev–Trinajstić information content (AvgIpc) is 2.36. The van der Waals surface area contributed by atoms with Crippen LogP contribution in [0, 0.1) is 12.7 Å². The van der Waals surface area contributed by atoms with Gasteiger partial charge in [0.15, 0.2) is 0 Å². The minimum absolute atomic E-state index is 0.299. The van der Waals surface area contributed by atoms with Crippen molar-refractivity contribution < 1.29 is 9.18 Å². The minimum atomic E-state index is -0.339. The fourth-order valence-electron chi connectivity index (χ4n) is 1.43. The number of benzene rings is 1. The summed E-state index contributed by atoms with van der Waals surface area (Å²) in [5.74, 6) is -0.638. The van der Waals surface area contributed by atoms with Gasteiger partial charge in [-0.25, -0.2) is 4.39 Å². The zero-order valence-electron chi connectivity index (χ0n) is 9.27. The van der Waals surface area contributed by atoms with Crippen molar-refractivity contribution in [1.82, 2.24) is 4.98 Å². The summed E-state index contributed by atoms with van der Waals surface area (Å²) >= 11 is 0. The van der Waals surface area contributed by atoms with Crippen molar-refractivity contribution in [2.24, 2.45) is 0 Å². The summed E-state index contributed by atoms with van der Waals surface area (Å²) in [6.07, 6.45) is 3.05. The molecule has 1 amide bonds. The molecule has 0 spiro atoms. The maximum Gasteiger partial charge on any atom is 0.257 e. The molecule has 0 aliphatic carbocycles. The smallest absolute Gasteiger partial charge is 0.257 e. The van der Waals surface area contributed by atoms with Gasteiger partial charge in [0.1, 0.15) is 5.82 Å². The van der Waals surface area contributed by atoms with Gasteiger partial charge >= 0.3 is 0 Å². The summed E-state index contributed by atoms with van der Waals surface area (Å²) in [6, 6.07) is 7.90. The van der Waals surface area contributed by atoms with Gasteiger partial charge in [-0.15, -0.1) is 0 Å². The Balaban J connectivity index is 2.22. The average molecular weight is 230 g/mol. The number of carbonyl (C=O) groups excluding carboxylic acids is 1. The first-order chi connectivity index (χ1) is 8.18. The van der Waals surface area contributed by atoms with Crippen LogP contribution in [0.4, 0.5) is 10.1 Å². The van der Waals surface area contributed by atoms with Crippen LogP contribution in [0.2, 0.25) is 0 Å². The second-order valence-corrected chi connectivity index (χ2v) is 3.61. The number of halogens is 1. The molecule has 0 aliphatic heterocycles. The SMILES string of the molecule is Cc1c(F)cccc1NC(=O)c1cccnc1. The Morgan fingerprint density at radius 3 is 2.82 bits per heavy atom. The fourth-order valence-corrected chi connectivity index (χ4v) is 1.43. The first kappa shape index (κ1) is 11.3. The van der Waals surface area contributed by atoms with Crippen molar-refractivity contribution in [2.45, 2.75) is 6.92 Å². The Labute approximate surface area is 98.3 Å². The molecule has 1 heterocycles. The van der Waals surface area contributed by atoms with Gasteiger partial charge in [-0.3, -0.25) is 9.78 Å². The molecule has 0 bridgehead atoms. The summed E-state index contributed by atoms with van der Waals surface area (Å²) < 4.78 is 13.3. The number of hydrogen-bond donors (Lipinski definition) is 1. The zero-order valence-corrected chi connectivity index (χ0v) is 9.27. The Hall–Kier alpha value is -2.23. The van der Waals surface area contributed by atoms with Crippen LogP contribution in [0.15, 0.2) is 42.7 Å². The van der Waals surface area contributed by atoms with Crippen LogP contribution in [0.3, 0.4) is 0 Å². The van der Waals surface area contributed by atoms with Crippen LogP contribution in [-0.4, -0.2) is 10.9 Å². The van der Waals surface area contributed by atoms with Crippen LogP contribution in [0.25, 0.3) is 0 Å². The van der Waals surface area contributed by atoms with Gasteiger partial charge in [0, 0.05) is 23.6 Å². The van der Waals surface area contributed by atoms with Crippen LogP contribution in [0.5, 0.6) is 0 Å². The molecule has 2 rings (SSSR count). The molecular formula is C13H11FN2O. The van der Waals surface area contributed by atoms with Crippen molar-refractivity contribution in [3.05, 3.63) is 59.7 Å². The largest absolute Gasteiger partial charge is 0.322 e. The first-order valence-electron chi connectivity index (χ1n) is 5.15. The number of amides is 1. The highest BCUT2D eigenvalue weighted by molar-refractivity contribution is 6.04. The standard InChI is InChI=1S/C13H11FN2O/c1-9-11(14)5-2-6-12(9)16-13(17)10-4-3-7-15-8-10/h2-8H,1H3,(H,16,17). The lowest BCUT2D eigenvalue weighted by atomic mass is 10.2. The first-order valence-corrected chi connectivity index (χ1v) is 5.15. The fraction of sp³-hybridized carbons (Fsp3) is 0.0769. The molecule has 0 aliphatic rings. The molecule has 0 atom stereocenters. The van der Waals surface area contributed by atoms with E-state index in [1.165, 1.54) is 12.3 Å². The number of rotatable bonds is 2. The normalized spacial score (nSPS) is 10.0. The number of carbonyl (C=O) groups is 1. The van der Waals surface area contributed by atoms with Gasteiger partial charge in [-0.1, -0.05) is 6.07 Å². The second kappa shape index (κ2) is 4.74. The van der Waals surface area contributed by atoms with E-state index in [1.807, 2.05) is 0 Å². The summed E-state index contributed by atoms with van der Waals surface area (Å²) in [5, 5.41) is 2.65. The van der Waals surface area contributed by atoms with Crippen molar-refractivity contribution in [2.75, 3.05) is 5.32 Å². The van der Waals surface area contributed by atoms with Gasteiger partial charge in [0.2, 0.25) is 0 Å². The maximum atomic E-state index is 13.3. The quantitative estimate of drug-likeness (QED) is 0.861. The molecule has 1 aromatic heterocycles. The predicted octanol–water partition coefficient (Wildman–Crippen LogP) is 2.78. The van der Waals surface area contributed by atoms with Crippen LogP contribution in [0.1, 0.15) is 15.9 Å². The zero-order chi connectivity index (χ0) is 12.3. The molecule has 86 valence electrons. The predicted molar refractivity (Wildman–Crippen MR) is 63.3 cm³/mol. The molecule has 4 heteroatoms. The third kappa shape index (κ3) is 2.47. The Morgan fingerprint density at radius 1 is 1.29 bits per heavy atom. The monoisotopic (exact) mass is 230 g/mol. The topological polar surface area (TPSA) is 42.0 Å². The molecule has 2 aromatic rings. The minimum Gasteiger partial charge on any atom is -0.322 e. The number of nitrogens with zero attached hydrogens (tertiary/aromatic N) is 1. The van der Waals surface area contributed by atoms with Gasteiger partial charge in [-0.2, -0.15) is 0 Å². The molecule has 0 fully saturated rings. The molecule has 17 heavy (non-hydrogen) atoms. The lowest BCUT2D eigenvalue weighted by molar-refractivity contribution is 0.102. The van der Waals surface area contributed by atoms with Crippen LogP contribution < -0.4 is 5.32 Å². The number of aromatic nitrogens is 1. The van der Waals surface area contributed by atoms with E-state index in [0.29, 0.717) is 16.8 Å².